The fraction of sp³-hybridized carbons (Fsp3) is 1.00. The Morgan fingerprint density at radius 2 is 2.20 bits per heavy atom. The second kappa shape index (κ2) is 3.10. The molecule has 3 atom stereocenters. The van der Waals surface area contributed by atoms with Gasteiger partial charge < -0.3 is 5.11 Å². The van der Waals surface area contributed by atoms with E-state index in [0.717, 1.165) is 19.3 Å². The monoisotopic (exact) mass is 143 g/mol. The first-order valence-corrected chi connectivity index (χ1v) is 3.74. The molecule has 0 spiro atoms. The Morgan fingerprint density at radius 3 is 2.70 bits per heavy atom. The number of nitrogens with zero attached hydrogens (tertiary/aromatic N) is 1. The molecule has 0 bridgehead atoms. The maximum absolute atomic E-state index is 10.1. The van der Waals surface area contributed by atoms with Gasteiger partial charge in [0.15, 0.2) is 0 Å². The quantitative estimate of drug-likeness (QED) is 0.562. The average molecular weight is 143 g/mol. The highest BCUT2D eigenvalue weighted by Crippen LogP contribution is 2.25. The predicted molar refractivity (Wildman–Crippen MR) is 38.6 cm³/mol. The van der Waals surface area contributed by atoms with Crippen molar-refractivity contribution in [2.45, 2.75) is 38.3 Å². The van der Waals surface area contributed by atoms with E-state index >= 15 is 0 Å². The van der Waals surface area contributed by atoms with Gasteiger partial charge >= 0.3 is 0 Å². The van der Waals surface area contributed by atoms with Gasteiger partial charge in [0.2, 0.25) is 0 Å². The maximum Gasteiger partial charge on any atom is 0.0924 e. The summed E-state index contributed by atoms with van der Waals surface area (Å²) in [7, 11) is 0. The van der Waals surface area contributed by atoms with Crippen LogP contribution in [0.4, 0.5) is 0 Å². The van der Waals surface area contributed by atoms with Crippen molar-refractivity contribution in [2.75, 3.05) is 0 Å². The molecule has 0 aliphatic heterocycles. The van der Waals surface area contributed by atoms with Gasteiger partial charge in [0.1, 0.15) is 0 Å². The van der Waals surface area contributed by atoms with Crippen LogP contribution in [0, 0.1) is 10.8 Å². The van der Waals surface area contributed by atoms with Gasteiger partial charge in [0, 0.05) is 0 Å². The van der Waals surface area contributed by atoms with Gasteiger partial charge in [-0.05, 0) is 25.2 Å². The standard InChI is InChI=1S/C7H13NO2/c1-5-4-6(8-10)2-3-7(5)9/h5-7,9H,2-4H2,1H3. The molecule has 0 heterocycles. The normalized spacial score (nSPS) is 41.2. The first-order chi connectivity index (χ1) is 4.74. The van der Waals surface area contributed by atoms with Crippen molar-refractivity contribution in [3.63, 3.8) is 0 Å². The summed E-state index contributed by atoms with van der Waals surface area (Å²) in [6, 6.07) is -0.0431. The van der Waals surface area contributed by atoms with E-state index in [2.05, 4.69) is 5.18 Å². The average Bonchev–Trinajstić information content (AvgIpc) is 1.95. The van der Waals surface area contributed by atoms with Crippen molar-refractivity contribution in [3.05, 3.63) is 4.91 Å². The second-order valence-electron chi connectivity index (χ2n) is 3.12. The zero-order valence-corrected chi connectivity index (χ0v) is 6.16. The molecule has 58 valence electrons. The van der Waals surface area contributed by atoms with Crippen LogP contribution in [-0.2, 0) is 0 Å². The van der Waals surface area contributed by atoms with Gasteiger partial charge in [0.05, 0.1) is 12.1 Å². The van der Waals surface area contributed by atoms with E-state index in [1.165, 1.54) is 0 Å². The van der Waals surface area contributed by atoms with Crippen LogP contribution in [0.5, 0.6) is 0 Å². The van der Waals surface area contributed by atoms with Gasteiger partial charge in [-0.3, -0.25) is 0 Å². The second-order valence-corrected chi connectivity index (χ2v) is 3.12. The molecule has 1 rings (SSSR count). The van der Waals surface area contributed by atoms with Crippen LogP contribution in [0.2, 0.25) is 0 Å². The molecule has 0 aromatic heterocycles. The fourth-order valence-electron chi connectivity index (χ4n) is 1.45. The van der Waals surface area contributed by atoms with Crippen molar-refractivity contribution in [3.8, 4) is 0 Å². The summed E-state index contributed by atoms with van der Waals surface area (Å²) in [5.41, 5.74) is 0. The third-order valence-corrected chi connectivity index (χ3v) is 2.25. The van der Waals surface area contributed by atoms with E-state index in [-0.39, 0.29) is 18.1 Å². The topological polar surface area (TPSA) is 49.7 Å². The molecular formula is C7H13NO2. The molecule has 0 amide bonds. The lowest BCUT2D eigenvalue weighted by Crippen LogP contribution is -2.28. The number of hydrogen-bond acceptors (Lipinski definition) is 3. The molecule has 0 aromatic rings. The number of nitroso groups, excluding NO2 is 1. The van der Waals surface area contributed by atoms with Gasteiger partial charge in [-0.15, -0.1) is 0 Å². The Labute approximate surface area is 60.4 Å². The molecule has 1 saturated carbocycles. The molecule has 1 fully saturated rings. The Morgan fingerprint density at radius 1 is 1.50 bits per heavy atom. The largest absolute Gasteiger partial charge is 0.393 e. The Balaban J connectivity index is 2.40. The number of rotatable bonds is 1. The van der Waals surface area contributed by atoms with Gasteiger partial charge in [-0.1, -0.05) is 12.1 Å². The number of hydrogen-bond donors (Lipinski definition) is 1. The molecule has 1 N–H and O–H groups in total. The Hall–Kier alpha value is -0.440. The summed E-state index contributed by atoms with van der Waals surface area (Å²) in [5.74, 6) is 0.247. The summed E-state index contributed by atoms with van der Waals surface area (Å²) in [4.78, 5) is 10.1. The van der Waals surface area contributed by atoms with E-state index in [1.54, 1.807) is 0 Å². The zero-order chi connectivity index (χ0) is 7.56. The summed E-state index contributed by atoms with van der Waals surface area (Å²) < 4.78 is 0. The van der Waals surface area contributed by atoms with E-state index < -0.39 is 0 Å². The van der Waals surface area contributed by atoms with Crippen molar-refractivity contribution < 1.29 is 5.11 Å². The first-order valence-electron chi connectivity index (χ1n) is 3.74. The molecule has 10 heavy (non-hydrogen) atoms. The van der Waals surface area contributed by atoms with Crippen LogP contribution in [0.3, 0.4) is 0 Å². The molecule has 1 aliphatic rings. The molecule has 0 radical (unpaired) electrons. The van der Waals surface area contributed by atoms with E-state index in [4.69, 9.17) is 0 Å². The fourth-order valence-corrected chi connectivity index (χ4v) is 1.45. The molecule has 1 aliphatic carbocycles. The van der Waals surface area contributed by atoms with Crippen LogP contribution in [0.25, 0.3) is 0 Å². The van der Waals surface area contributed by atoms with Crippen LogP contribution >= 0.6 is 0 Å². The van der Waals surface area contributed by atoms with E-state index in [0.29, 0.717) is 0 Å². The summed E-state index contributed by atoms with van der Waals surface area (Å²) in [5, 5.41) is 12.2. The summed E-state index contributed by atoms with van der Waals surface area (Å²) >= 11 is 0. The maximum atomic E-state index is 10.1. The molecule has 3 heteroatoms. The minimum Gasteiger partial charge on any atom is -0.393 e. The zero-order valence-electron chi connectivity index (χ0n) is 6.16. The lowest BCUT2D eigenvalue weighted by atomic mass is 9.85. The van der Waals surface area contributed by atoms with Crippen LogP contribution in [-0.4, -0.2) is 17.3 Å². The summed E-state index contributed by atoms with van der Waals surface area (Å²) in [6.07, 6.45) is 2.04. The predicted octanol–water partition coefficient (Wildman–Crippen LogP) is 1.30. The highest BCUT2D eigenvalue weighted by Gasteiger charge is 2.26. The third kappa shape index (κ3) is 1.53. The minimum atomic E-state index is -0.210. The highest BCUT2D eigenvalue weighted by atomic mass is 16.3. The SMILES string of the molecule is CC1CC(N=O)CCC1O. The summed E-state index contributed by atoms with van der Waals surface area (Å²) in [6.45, 7) is 1.96. The van der Waals surface area contributed by atoms with E-state index in [9.17, 15) is 10.0 Å². The lowest BCUT2D eigenvalue weighted by molar-refractivity contribution is 0.0722. The molecule has 3 nitrogen and oxygen atoms in total. The molecular weight excluding hydrogens is 130 g/mol. The number of aliphatic hydroxyl groups excluding tert-OH is 1. The van der Waals surface area contributed by atoms with Crippen molar-refractivity contribution in [1.29, 1.82) is 0 Å². The van der Waals surface area contributed by atoms with E-state index in [1.807, 2.05) is 6.92 Å². The Bertz CT molecular complexity index is 127. The van der Waals surface area contributed by atoms with Crippen LogP contribution in [0.15, 0.2) is 5.18 Å². The molecule has 0 aromatic carbocycles. The van der Waals surface area contributed by atoms with Crippen molar-refractivity contribution in [2.24, 2.45) is 11.1 Å². The van der Waals surface area contributed by atoms with Gasteiger partial charge in [-0.25, -0.2) is 0 Å². The smallest absolute Gasteiger partial charge is 0.0924 e. The third-order valence-electron chi connectivity index (χ3n) is 2.25. The van der Waals surface area contributed by atoms with Gasteiger partial charge in [-0.2, -0.15) is 4.91 Å². The minimum absolute atomic E-state index is 0.0431. The molecule has 0 saturated heterocycles. The van der Waals surface area contributed by atoms with Crippen LogP contribution < -0.4 is 0 Å². The lowest BCUT2D eigenvalue weighted by Gasteiger charge is -2.26. The first kappa shape index (κ1) is 7.66. The Kier molecular flexibility index (Phi) is 2.38. The van der Waals surface area contributed by atoms with Crippen molar-refractivity contribution >= 4 is 0 Å². The number of aliphatic hydroxyl groups is 1. The van der Waals surface area contributed by atoms with Crippen molar-refractivity contribution in [1.82, 2.24) is 0 Å². The highest BCUT2D eigenvalue weighted by molar-refractivity contribution is 4.80. The molecule has 3 unspecified atom stereocenters. The van der Waals surface area contributed by atoms with Gasteiger partial charge in [0.25, 0.3) is 0 Å². The van der Waals surface area contributed by atoms with Crippen LogP contribution in [0.1, 0.15) is 26.2 Å².